The van der Waals surface area contributed by atoms with Gasteiger partial charge in [-0.1, -0.05) is 19.3 Å². The summed E-state index contributed by atoms with van der Waals surface area (Å²) < 4.78 is 0. The van der Waals surface area contributed by atoms with Crippen LogP contribution in [0.15, 0.2) is 0 Å². The summed E-state index contributed by atoms with van der Waals surface area (Å²) in [5.74, 6) is 1.12. The number of thioether (sulfide) groups is 1. The highest BCUT2D eigenvalue weighted by Crippen LogP contribution is 2.23. The first kappa shape index (κ1) is 19.1. The molecular weight excluding hydrogens is 306 g/mol. The Bertz CT molecular complexity index is 305. The summed E-state index contributed by atoms with van der Waals surface area (Å²) in [6.07, 6.45) is 9.71. The van der Waals surface area contributed by atoms with Crippen molar-refractivity contribution >= 4 is 30.1 Å². The molecule has 0 aromatic heterocycles. The zero-order valence-electron chi connectivity index (χ0n) is 13.1. The van der Waals surface area contributed by atoms with Crippen molar-refractivity contribution in [2.45, 2.75) is 50.6 Å². The Morgan fingerprint density at radius 2 is 1.81 bits per heavy atom. The van der Waals surface area contributed by atoms with Crippen LogP contribution in [0.25, 0.3) is 0 Å². The van der Waals surface area contributed by atoms with Crippen LogP contribution in [0.1, 0.15) is 38.5 Å². The second kappa shape index (κ2) is 9.93. The summed E-state index contributed by atoms with van der Waals surface area (Å²) in [7, 11) is 0. The van der Waals surface area contributed by atoms with Crippen molar-refractivity contribution in [2.75, 3.05) is 38.2 Å². The Balaban J connectivity index is 0.00000220. The number of rotatable bonds is 5. The van der Waals surface area contributed by atoms with Crippen LogP contribution in [0.3, 0.4) is 0 Å². The minimum Gasteiger partial charge on any atom is -0.339 e. The molecule has 0 aromatic rings. The van der Waals surface area contributed by atoms with Crippen molar-refractivity contribution in [1.29, 1.82) is 0 Å². The fourth-order valence-corrected chi connectivity index (χ4v) is 3.85. The lowest BCUT2D eigenvalue weighted by Gasteiger charge is -2.41. The van der Waals surface area contributed by atoms with Gasteiger partial charge in [-0.05, 0) is 31.3 Å². The molecule has 0 radical (unpaired) electrons. The zero-order chi connectivity index (χ0) is 14.4. The van der Waals surface area contributed by atoms with Gasteiger partial charge >= 0.3 is 0 Å². The van der Waals surface area contributed by atoms with Crippen LogP contribution in [0.4, 0.5) is 0 Å². The van der Waals surface area contributed by atoms with Crippen LogP contribution in [0, 0.1) is 0 Å². The molecular formula is C15H30ClN3OS. The van der Waals surface area contributed by atoms with Gasteiger partial charge in [0.25, 0.3) is 0 Å². The number of piperazine rings is 1. The molecule has 0 unspecified atom stereocenters. The molecule has 1 aliphatic carbocycles. The third-order valence-corrected chi connectivity index (χ3v) is 5.31. The Morgan fingerprint density at radius 1 is 1.19 bits per heavy atom. The van der Waals surface area contributed by atoms with Crippen molar-refractivity contribution in [3.63, 3.8) is 0 Å². The van der Waals surface area contributed by atoms with E-state index < -0.39 is 0 Å². The number of carbonyl (C=O) groups is 1. The quantitative estimate of drug-likeness (QED) is 0.834. The average molecular weight is 336 g/mol. The number of carbonyl (C=O) groups excluding carboxylic acids is 1. The van der Waals surface area contributed by atoms with Crippen molar-refractivity contribution < 1.29 is 4.79 Å². The molecule has 124 valence electrons. The SMILES string of the molecule is CSCC[C@H](N)C(=O)N1CCN(C2CCCCC2)CC1.Cl. The van der Waals surface area contributed by atoms with Gasteiger partial charge in [-0.15, -0.1) is 12.4 Å². The monoisotopic (exact) mass is 335 g/mol. The molecule has 1 heterocycles. The minimum absolute atomic E-state index is 0. The fourth-order valence-electron chi connectivity index (χ4n) is 3.36. The summed E-state index contributed by atoms with van der Waals surface area (Å²) in [4.78, 5) is 16.8. The molecule has 1 amide bonds. The fraction of sp³-hybridized carbons (Fsp3) is 0.933. The molecule has 1 saturated heterocycles. The molecule has 0 aromatic carbocycles. The van der Waals surface area contributed by atoms with E-state index in [9.17, 15) is 4.79 Å². The lowest BCUT2D eigenvalue weighted by molar-refractivity contribution is -0.134. The molecule has 0 bridgehead atoms. The maximum atomic E-state index is 12.3. The van der Waals surface area contributed by atoms with Gasteiger partial charge < -0.3 is 10.6 Å². The first-order valence-corrected chi connectivity index (χ1v) is 9.39. The van der Waals surface area contributed by atoms with Crippen molar-refractivity contribution in [2.24, 2.45) is 5.73 Å². The summed E-state index contributed by atoms with van der Waals surface area (Å²) in [5, 5.41) is 0. The smallest absolute Gasteiger partial charge is 0.239 e. The predicted molar refractivity (Wildman–Crippen MR) is 93.2 cm³/mol. The van der Waals surface area contributed by atoms with Gasteiger partial charge in [0, 0.05) is 32.2 Å². The Labute approximate surface area is 139 Å². The third kappa shape index (κ3) is 5.62. The van der Waals surface area contributed by atoms with Gasteiger partial charge in [0.1, 0.15) is 0 Å². The Morgan fingerprint density at radius 3 is 2.38 bits per heavy atom. The standard InChI is InChI=1S/C15H29N3OS.ClH/c1-20-12-7-14(16)15(19)18-10-8-17(9-11-18)13-5-3-2-4-6-13;/h13-14H,2-12,16H2,1H3;1H/t14-;/m0./s1. The summed E-state index contributed by atoms with van der Waals surface area (Å²) in [6, 6.07) is 0.467. The molecule has 2 fully saturated rings. The van der Waals surface area contributed by atoms with Gasteiger partial charge in [0.15, 0.2) is 0 Å². The van der Waals surface area contributed by atoms with Crippen LogP contribution < -0.4 is 5.73 Å². The largest absolute Gasteiger partial charge is 0.339 e. The van der Waals surface area contributed by atoms with Crippen LogP contribution >= 0.6 is 24.2 Å². The van der Waals surface area contributed by atoms with E-state index >= 15 is 0 Å². The van der Waals surface area contributed by atoms with Gasteiger partial charge in [-0.2, -0.15) is 11.8 Å². The number of nitrogens with two attached hydrogens (primary N) is 1. The van der Waals surface area contributed by atoms with Crippen LogP contribution in [-0.4, -0.2) is 66.0 Å². The molecule has 4 nitrogen and oxygen atoms in total. The number of hydrogen-bond acceptors (Lipinski definition) is 4. The van der Waals surface area contributed by atoms with Crippen LogP contribution in [0.2, 0.25) is 0 Å². The minimum atomic E-state index is -0.302. The number of hydrogen-bond donors (Lipinski definition) is 1. The van der Waals surface area contributed by atoms with Crippen molar-refractivity contribution in [1.82, 2.24) is 9.80 Å². The zero-order valence-corrected chi connectivity index (χ0v) is 14.8. The lowest BCUT2D eigenvalue weighted by atomic mass is 9.94. The maximum Gasteiger partial charge on any atom is 0.239 e. The Kier molecular flexibility index (Phi) is 9.02. The van der Waals surface area contributed by atoms with E-state index in [0.717, 1.165) is 44.4 Å². The predicted octanol–water partition coefficient (Wildman–Crippen LogP) is 1.97. The van der Waals surface area contributed by atoms with E-state index in [-0.39, 0.29) is 24.4 Å². The normalized spacial score (nSPS) is 22.7. The molecule has 6 heteroatoms. The first-order valence-electron chi connectivity index (χ1n) is 7.99. The summed E-state index contributed by atoms with van der Waals surface area (Å²) in [5.41, 5.74) is 5.99. The maximum absolute atomic E-state index is 12.3. The van der Waals surface area contributed by atoms with E-state index in [4.69, 9.17) is 5.73 Å². The van der Waals surface area contributed by atoms with E-state index in [1.54, 1.807) is 11.8 Å². The van der Waals surface area contributed by atoms with Gasteiger partial charge in [-0.25, -0.2) is 0 Å². The molecule has 2 aliphatic rings. The van der Waals surface area contributed by atoms with Gasteiger partial charge in [0.05, 0.1) is 6.04 Å². The molecule has 2 N–H and O–H groups in total. The van der Waals surface area contributed by atoms with E-state index in [2.05, 4.69) is 11.2 Å². The Hall–Kier alpha value is 0.0300. The molecule has 21 heavy (non-hydrogen) atoms. The summed E-state index contributed by atoms with van der Waals surface area (Å²) >= 11 is 1.75. The second-order valence-electron chi connectivity index (χ2n) is 6.04. The van der Waals surface area contributed by atoms with Crippen LogP contribution in [0.5, 0.6) is 0 Å². The van der Waals surface area contributed by atoms with Gasteiger partial charge in [-0.3, -0.25) is 9.69 Å². The van der Waals surface area contributed by atoms with Crippen LogP contribution in [-0.2, 0) is 4.79 Å². The van der Waals surface area contributed by atoms with E-state index in [1.165, 1.54) is 32.1 Å². The van der Waals surface area contributed by atoms with Crippen molar-refractivity contribution in [3.05, 3.63) is 0 Å². The second-order valence-corrected chi connectivity index (χ2v) is 7.03. The molecule has 2 rings (SSSR count). The highest BCUT2D eigenvalue weighted by molar-refractivity contribution is 7.98. The lowest BCUT2D eigenvalue weighted by Crippen LogP contribution is -2.55. The van der Waals surface area contributed by atoms with E-state index in [0.29, 0.717) is 0 Å². The van der Waals surface area contributed by atoms with Crippen molar-refractivity contribution in [3.8, 4) is 0 Å². The third-order valence-electron chi connectivity index (χ3n) is 4.67. The number of nitrogens with zero attached hydrogens (tertiary/aromatic N) is 2. The first-order chi connectivity index (χ1) is 9.72. The highest BCUT2D eigenvalue weighted by atomic mass is 35.5. The summed E-state index contributed by atoms with van der Waals surface area (Å²) in [6.45, 7) is 3.79. The van der Waals surface area contributed by atoms with Gasteiger partial charge in [0.2, 0.25) is 5.91 Å². The molecule has 1 saturated carbocycles. The van der Waals surface area contributed by atoms with E-state index in [1.807, 2.05) is 4.90 Å². The molecule has 1 aliphatic heterocycles. The molecule has 1 atom stereocenters. The average Bonchev–Trinajstić information content (AvgIpc) is 2.53. The highest BCUT2D eigenvalue weighted by Gasteiger charge is 2.28. The number of amides is 1. The topological polar surface area (TPSA) is 49.6 Å². The molecule has 0 spiro atoms. The number of halogens is 1.